The molecule has 84 valence electrons. The molecule has 0 saturated heterocycles. The molecule has 0 amide bonds. The highest BCUT2D eigenvalue weighted by atomic mass is 15.4. The fraction of sp³-hybridized carbons (Fsp3) is 0.818. The smallest absolute Gasteiger partial charge is 0.0829 e. The maximum atomic E-state index is 5.81. The van der Waals surface area contributed by atoms with Gasteiger partial charge in [0.05, 0.1) is 5.69 Å². The number of hydrogen-bond donors (Lipinski definition) is 1. The third-order valence-corrected chi connectivity index (χ3v) is 3.49. The molecule has 2 N–H and O–H groups in total. The maximum Gasteiger partial charge on any atom is 0.0829 e. The lowest BCUT2D eigenvalue weighted by Crippen LogP contribution is -2.28. The first-order valence-corrected chi connectivity index (χ1v) is 5.85. The lowest BCUT2D eigenvalue weighted by atomic mass is 9.77. The van der Waals surface area contributed by atoms with E-state index in [1.165, 1.54) is 25.7 Å². The van der Waals surface area contributed by atoms with Crippen LogP contribution >= 0.6 is 0 Å². The second-order valence-electron chi connectivity index (χ2n) is 4.63. The van der Waals surface area contributed by atoms with Gasteiger partial charge in [0, 0.05) is 13.2 Å². The monoisotopic (exact) mass is 208 g/mol. The quantitative estimate of drug-likeness (QED) is 0.810. The molecule has 2 rings (SSSR count). The van der Waals surface area contributed by atoms with Gasteiger partial charge in [-0.1, -0.05) is 18.1 Å². The lowest BCUT2D eigenvalue weighted by Gasteiger charge is -2.29. The summed E-state index contributed by atoms with van der Waals surface area (Å²) in [6.45, 7) is 0.824. The van der Waals surface area contributed by atoms with Gasteiger partial charge in [0.2, 0.25) is 0 Å². The fourth-order valence-electron chi connectivity index (χ4n) is 2.62. The molecule has 2 unspecified atom stereocenters. The Kier molecular flexibility index (Phi) is 3.36. The average molecular weight is 208 g/mol. The highest BCUT2D eigenvalue weighted by molar-refractivity contribution is 4.95. The van der Waals surface area contributed by atoms with E-state index in [-0.39, 0.29) is 0 Å². The highest BCUT2D eigenvalue weighted by Crippen LogP contribution is 2.31. The van der Waals surface area contributed by atoms with E-state index in [4.69, 9.17) is 5.73 Å². The first kappa shape index (κ1) is 10.6. The minimum Gasteiger partial charge on any atom is -0.330 e. The summed E-state index contributed by atoms with van der Waals surface area (Å²) in [5, 5.41) is 8.12. The number of nitrogens with two attached hydrogens (primary N) is 1. The molecule has 1 saturated carbocycles. The van der Waals surface area contributed by atoms with Crippen LogP contribution in [0.1, 0.15) is 31.4 Å². The Morgan fingerprint density at radius 3 is 2.73 bits per heavy atom. The Morgan fingerprint density at radius 1 is 1.40 bits per heavy atom. The van der Waals surface area contributed by atoms with Crippen LogP contribution in [0.25, 0.3) is 0 Å². The van der Waals surface area contributed by atoms with Crippen LogP contribution in [-0.4, -0.2) is 21.5 Å². The normalized spacial score (nSPS) is 26.8. The number of aryl methyl sites for hydroxylation is 1. The zero-order chi connectivity index (χ0) is 10.7. The van der Waals surface area contributed by atoms with Crippen molar-refractivity contribution in [3.05, 3.63) is 11.9 Å². The van der Waals surface area contributed by atoms with Crippen LogP contribution in [0.4, 0.5) is 0 Å². The molecular formula is C11H20N4. The number of hydrogen-bond acceptors (Lipinski definition) is 3. The van der Waals surface area contributed by atoms with Crippen LogP contribution in [0, 0.1) is 11.8 Å². The molecule has 1 aliphatic carbocycles. The summed E-state index contributed by atoms with van der Waals surface area (Å²) in [7, 11) is 1.91. The van der Waals surface area contributed by atoms with Gasteiger partial charge in [-0.25, -0.2) is 0 Å². The fourth-order valence-corrected chi connectivity index (χ4v) is 2.62. The van der Waals surface area contributed by atoms with E-state index in [1.54, 1.807) is 4.68 Å². The SMILES string of the molecule is Cn1cc(CC2CCCCC2CN)nn1. The van der Waals surface area contributed by atoms with Crippen LogP contribution in [0.15, 0.2) is 6.20 Å². The van der Waals surface area contributed by atoms with Crippen LogP contribution in [0.2, 0.25) is 0 Å². The van der Waals surface area contributed by atoms with Crippen molar-refractivity contribution in [3.63, 3.8) is 0 Å². The molecule has 0 bridgehead atoms. The van der Waals surface area contributed by atoms with E-state index >= 15 is 0 Å². The molecule has 1 aromatic heterocycles. The second-order valence-corrected chi connectivity index (χ2v) is 4.63. The Labute approximate surface area is 90.8 Å². The predicted molar refractivity (Wildman–Crippen MR) is 59.2 cm³/mol. The van der Waals surface area contributed by atoms with Gasteiger partial charge in [0.25, 0.3) is 0 Å². The van der Waals surface area contributed by atoms with E-state index in [2.05, 4.69) is 10.3 Å². The van der Waals surface area contributed by atoms with Crippen molar-refractivity contribution in [2.24, 2.45) is 24.6 Å². The van der Waals surface area contributed by atoms with E-state index in [9.17, 15) is 0 Å². The topological polar surface area (TPSA) is 56.7 Å². The lowest BCUT2D eigenvalue weighted by molar-refractivity contribution is 0.240. The molecule has 15 heavy (non-hydrogen) atoms. The van der Waals surface area contributed by atoms with Crippen molar-refractivity contribution < 1.29 is 0 Å². The summed E-state index contributed by atoms with van der Waals surface area (Å²) in [6.07, 6.45) is 8.36. The van der Waals surface area contributed by atoms with Crippen molar-refractivity contribution in [2.45, 2.75) is 32.1 Å². The minimum atomic E-state index is 0.695. The molecule has 0 aromatic carbocycles. The number of rotatable bonds is 3. The van der Waals surface area contributed by atoms with Crippen molar-refractivity contribution in [2.75, 3.05) is 6.54 Å². The van der Waals surface area contributed by atoms with Gasteiger partial charge in [-0.3, -0.25) is 4.68 Å². The molecular weight excluding hydrogens is 188 g/mol. The predicted octanol–water partition coefficient (Wildman–Crippen LogP) is 1.12. The summed E-state index contributed by atoms with van der Waals surface area (Å²) >= 11 is 0. The molecule has 1 heterocycles. The van der Waals surface area contributed by atoms with Crippen molar-refractivity contribution in [3.8, 4) is 0 Å². The first-order chi connectivity index (χ1) is 7.29. The van der Waals surface area contributed by atoms with Gasteiger partial charge >= 0.3 is 0 Å². The third kappa shape index (κ3) is 2.56. The zero-order valence-corrected chi connectivity index (χ0v) is 9.39. The van der Waals surface area contributed by atoms with Crippen LogP contribution in [-0.2, 0) is 13.5 Å². The molecule has 4 nitrogen and oxygen atoms in total. The Hall–Kier alpha value is -0.900. The molecule has 0 aliphatic heterocycles. The van der Waals surface area contributed by atoms with E-state index < -0.39 is 0 Å². The maximum absolute atomic E-state index is 5.81. The van der Waals surface area contributed by atoms with Crippen molar-refractivity contribution in [1.82, 2.24) is 15.0 Å². The molecule has 1 aliphatic rings. The Balaban J connectivity index is 1.97. The van der Waals surface area contributed by atoms with E-state index in [1.807, 2.05) is 13.2 Å². The summed E-state index contributed by atoms with van der Waals surface area (Å²) in [5.41, 5.74) is 6.93. The molecule has 0 spiro atoms. The third-order valence-electron chi connectivity index (χ3n) is 3.49. The van der Waals surface area contributed by atoms with E-state index in [0.29, 0.717) is 5.92 Å². The van der Waals surface area contributed by atoms with Gasteiger partial charge < -0.3 is 5.73 Å². The Bertz CT molecular complexity index is 307. The van der Waals surface area contributed by atoms with Gasteiger partial charge in [-0.05, 0) is 37.6 Å². The highest BCUT2D eigenvalue weighted by Gasteiger charge is 2.24. The number of aromatic nitrogens is 3. The summed E-state index contributed by atoms with van der Waals surface area (Å²) < 4.78 is 1.77. The molecule has 1 aromatic rings. The second kappa shape index (κ2) is 4.75. The van der Waals surface area contributed by atoms with Gasteiger partial charge in [-0.2, -0.15) is 0 Å². The van der Waals surface area contributed by atoms with Crippen LogP contribution in [0.5, 0.6) is 0 Å². The molecule has 0 radical (unpaired) electrons. The van der Waals surface area contributed by atoms with Crippen LogP contribution < -0.4 is 5.73 Å². The average Bonchev–Trinajstić information content (AvgIpc) is 2.65. The molecule has 4 heteroatoms. The van der Waals surface area contributed by atoms with Crippen LogP contribution in [0.3, 0.4) is 0 Å². The summed E-state index contributed by atoms with van der Waals surface area (Å²) in [5.74, 6) is 1.42. The first-order valence-electron chi connectivity index (χ1n) is 5.85. The van der Waals surface area contributed by atoms with Gasteiger partial charge in [0.15, 0.2) is 0 Å². The summed E-state index contributed by atoms with van der Waals surface area (Å²) in [4.78, 5) is 0. The van der Waals surface area contributed by atoms with Gasteiger partial charge in [0.1, 0.15) is 0 Å². The molecule has 1 fully saturated rings. The van der Waals surface area contributed by atoms with Crippen molar-refractivity contribution >= 4 is 0 Å². The van der Waals surface area contributed by atoms with Crippen molar-refractivity contribution in [1.29, 1.82) is 0 Å². The van der Waals surface area contributed by atoms with Gasteiger partial charge in [-0.15, -0.1) is 5.10 Å². The zero-order valence-electron chi connectivity index (χ0n) is 9.39. The Morgan fingerprint density at radius 2 is 2.13 bits per heavy atom. The minimum absolute atomic E-state index is 0.695. The number of nitrogens with zero attached hydrogens (tertiary/aromatic N) is 3. The largest absolute Gasteiger partial charge is 0.330 e. The standard InChI is InChI=1S/C11H20N4/c1-15-8-11(13-14-15)6-9-4-2-3-5-10(9)7-12/h8-10H,2-7,12H2,1H3. The van der Waals surface area contributed by atoms with E-state index in [0.717, 1.165) is 24.6 Å². The molecule has 2 atom stereocenters. The summed E-state index contributed by atoms with van der Waals surface area (Å²) in [6, 6.07) is 0.